The molecule has 0 unspecified atom stereocenters. The molecule has 2 aromatic rings. The zero-order chi connectivity index (χ0) is 15.4. The average Bonchev–Trinajstić information content (AvgIpc) is 2.94. The monoisotopic (exact) mass is 319 g/mol. The van der Waals surface area contributed by atoms with Crippen molar-refractivity contribution in [2.24, 2.45) is 0 Å². The number of rotatable bonds is 5. The summed E-state index contributed by atoms with van der Waals surface area (Å²) in [6, 6.07) is 7.98. The van der Waals surface area contributed by atoms with Gasteiger partial charge < -0.3 is 4.74 Å². The third-order valence-corrected chi connectivity index (χ3v) is 4.27. The lowest BCUT2D eigenvalue weighted by atomic mass is 10.1. The predicted molar refractivity (Wildman–Crippen MR) is 88.2 cm³/mol. The molecule has 1 aromatic carbocycles. The van der Waals surface area contributed by atoms with Crippen LogP contribution in [0.3, 0.4) is 0 Å². The van der Waals surface area contributed by atoms with Crippen molar-refractivity contribution in [3.05, 3.63) is 52.8 Å². The van der Waals surface area contributed by atoms with E-state index < -0.39 is 0 Å². The largest absolute Gasteiger partial charge is 0.371 e. The second-order valence-electron chi connectivity index (χ2n) is 5.85. The number of hydrogen-bond acceptors (Lipinski definition) is 3. The van der Waals surface area contributed by atoms with E-state index >= 15 is 0 Å². The van der Waals surface area contributed by atoms with E-state index in [2.05, 4.69) is 35.3 Å². The maximum Gasteiger partial charge on any atom is 0.0952 e. The molecule has 1 atom stereocenters. The SMILES string of the molecule is Cc1cnn(CCCN2CCO[C@@H](c3ccc(Cl)cc3)C2)c1. The number of halogens is 1. The summed E-state index contributed by atoms with van der Waals surface area (Å²) < 4.78 is 7.92. The van der Waals surface area contributed by atoms with Gasteiger partial charge in [-0.3, -0.25) is 9.58 Å². The fourth-order valence-corrected chi connectivity index (χ4v) is 2.96. The third kappa shape index (κ3) is 4.09. The number of hydrogen-bond donors (Lipinski definition) is 0. The summed E-state index contributed by atoms with van der Waals surface area (Å²) in [5, 5.41) is 5.10. The van der Waals surface area contributed by atoms with Gasteiger partial charge in [0.15, 0.2) is 0 Å². The van der Waals surface area contributed by atoms with E-state index in [-0.39, 0.29) is 6.10 Å². The van der Waals surface area contributed by atoms with Gasteiger partial charge in [0.25, 0.3) is 0 Å². The molecule has 0 spiro atoms. The highest BCUT2D eigenvalue weighted by Gasteiger charge is 2.21. The zero-order valence-corrected chi connectivity index (χ0v) is 13.7. The van der Waals surface area contributed by atoms with E-state index in [4.69, 9.17) is 16.3 Å². The second-order valence-corrected chi connectivity index (χ2v) is 6.28. The Morgan fingerprint density at radius 2 is 2.09 bits per heavy atom. The number of benzene rings is 1. The van der Waals surface area contributed by atoms with Gasteiger partial charge in [0.05, 0.1) is 18.9 Å². The van der Waals surface area contributed by atoms with Crippen LogP contribution in [0.4, 0.5) is 0 Å². The van der Waals surface area contributed by atoms with Crippen LogP contribution < -0.4 is 0 Å². The fourth-order valence-electron chi connectivity index (χ4n) is 2.83. The summed E-state index contributed by atoms with van der Waals surface area (Å²) in [4.78, 5) is 2.47. The van der Waals surface area contributed by atoms with Crippen molar-refractivity contribution in [2.75, 3.05) is 26.2 Å². The molecule has 118 valence electrons. The van der Waals surface area contributed by atoms with Crippen LogP contribution in [0.5, 0.6) is 0 Å². The lowest BCUT2D eigenvalue weighted by Crippen LogP contribution is -2.39. The summed E-state index contributed by atoms with van der Waals surface area (Å²) in [5.41, 5.74) is 2.42. The Labute approximate surface area is 136 Å². The van der Waals surface area contributed by atoms with Gasteiger partial charge in [-0.05, 0) is 36.6 Å². The maximum absolute atomic E-state index is 5.95. The van der Waals surface area contributed by atoms with Crippen LogP contribution in [0.1, 0.15) is 23.7 Å². The molecular formula is C17H22ClN3O. The lowest BCUT2D eigenvalue weighted by molar-refractivity contribution is -0.0305. The Bertz CT molecular complexity index is 596. The quantitative estimate of drug-likeness (QED) is 0.847. The van der Waals surface area contributed by atoms with Gasteiger partial charge >= 0.3 is 0 Å². The molecule has 3 rings (SSSR count). The van der Waals surface area contributed by atoms with Crippen LogP contribution in [0.25, 0.3) is 0 Å². The Hall–Kier alpha value is -1.36. The molecule has 0 saturated carbocycles. The van der Waals surface area contributed by atoms with E-state index in [0.29, 0.717) is 0 Å². The first-order valence-corrected chi connectivity index (χ1v) is 8.17. The minimum atomic E-state index is 0.151. The van der Waals surface area contributed by atoms with Crippen molar-refractivity contribution < 1.29 is 4.74 Å². The van der Waals surface area contributed by atoms with Crippen LogP contribution in [-0.2, 0) is 11.3 Å². The number of ether oxygens (including phenoxy) is 1. The van der Waals surface area contributed by atoms with Gasteiger partial charge in [0, 0.05) is 37.4 Å². The first kappa shape index (κ1) is 15.5. The molecule has 0 N–H and O–H groups in total. The molecule has 4 nitrogen and oxygen atoms in total. The van der Waals surface area contributed by atoms with E-state index in [9.17, 15) is 0 Å². The summed E-state index contributed by atoms with van der Waals surface area (Å²) in [6.45, 7) is 6.85. The van der Waals surface area contributed by atoms with E-state index in [1.165, 1.54) is 11.1 Å². The van der Waals surface area contributed by atoms with E-state index in [0.717, 1.165) is 44.2 Å². The van der Waals surface area contributed by atoms with Crippen LogP contribution >= 0.6 is 11.6 Å². The van der Waals surface area contributed by atoms with Gasteiger partial charge in [0.2, 0.25) is 0 Å². The molecule has 5 heteroatoms. The second kappa shape index (κ2) is 7.27. The van der Waals surface area contributed by atoms with Crippen molar-refractivity contribution >= 4 is 11.6 Å². The Kier molecular flexibility index (Phi) is 5.13. The molecule has 2 heterocycles. The summed E-state index contributed by atoms with van der Waals surface area (Å²) in [6.07, 6.45) is 5.26. The van der Waals surface area contributed by atoms with Crippen molar-refractivity contribution in [2.45, 2.75) is 26.0 Å². The third-order valence-electron chi connectivity index (χ3n) is 4.02. The number of aromatic nitrogens is 2. The molecule has 1 saturated heterocycles. The average molecular weight is 320 g/mol. The highest BCUT2D eigenvalue weighted by atomic mass is 35.5. The van der Waals surface area contributed by atoms with Gasteiger partial charge in [-0.15, -0.1) is 0 Å². The predicted octanol–water partition coefficient (Wildman–Crippen LogP) is 3.31. The van der Waals surface area contributed by atoms with Crippen LogP contribution in [0, 0.1) is 6.92 Å². The normalized spacial score (nSPS) is 19.5. The van der Waals surface area contributed by atoms with Crippen molar-refractivity contribution in [3.63, 3.8) is 0 Å². The van der Waals surface area contributed by atoms with Gasteiger partial charge in [-0.2, -0.15) is 5.10 Å². The minimum absolute atomic E-state index is 0.151. The summed E-state index contributed by atoms with van der Waals surface area (Å²) in [5.74, 6) is 0. The highest BCUT2D eigenvalue weighted by Crippen LogP contribution is 2.23. The van der Waals surface area contributed by atoms with Crippen LogP contribution in [0.2, 0.25) is 5.02 Å². The highest BCUT2D eigenvalue weighted by molar-refractivity contribution is 6.30. The molecule has 0 bridgehead atoms. The van der Waals surface area contributed by atoms with E-state index in [1.54, 1.807) is 0 Å². The minimum Gasteiger partial charge on any atom is -0.371 e. The Balaban J connectivity index is 1.49. The molecule has 0 amide bonds. The first-order chi connectivity index (χ1) is 10.7. The number of morpholine rings is 1. The Morgan fingerprint density at radius 1 is 1.27 bits per heavy atom. The molecule has 1 aliphatic rings. The molecule has 0 aliphatic carbocycles. The molecule has 22 heavy (non-hydrogen) atoms. The standard InChI is InChI=1S/C17H22ClN3O/c1-14-11-19-21(12-14)8-2-7-20-9-10-22-17(13-20)15-3-5-16(18)6-4-15/h3-6,11-12,17H,2,7-10,13H2,1H3/t17-/m1/s1. The van der Waals surface area contributed by atoms with Crippen LogP contribution in [0.15, 0.2) is 36.7 Å². The van der Waals surface area contributed by atoms with Crippen molar-refractivity contribution in [1.29, 1.82) is 0 Å². The maximum atomic E-state index is 5.95. The number of aryl methyl sites for hydroxylation is 2. The van der Waals surface area contributed by atoms with Crippen molar-refractivity contribution in [1.82, 2.24) is 14.7 Å². The zero-order valence-electron chi connectivity index (χ0n) is 12.9. The van der Waals surface area contributed by atoms with E-state index in [1.807, 2.05) is 23.0 Å². The van der Waals surface area contributed by atoms with Gasteiger partial charge in [0.1, 0.15) is 0 Å². The molecule has 1 aliphatic heterocycles. The Morgan fingerprint density at radius 3 is 2.82 bits per heavy atom. The number of nitrogens with zero attached hydrogens (tertiary/aromatic N) is 3. The molecule has 1 aromatic heterocycles. The summed E-state index contributed by atoms with van der Waals surface area (Å²) in [7, 11) is 0. The van der Waals surface area contributed by atoms with Gasteiger partial charge in [-0.25, -0.2) is 0 Å². The topological polar surface area (TPSA) is 30.3 Å². The molecular weight excluding hydrogens is 298 g/mol. The molecule has 1 fully saturated rings. The van der Waals surface area contributed by atoms with Crippen molar-refractivity contribution in [3.8, 4) is 0 Å². The summed E-state index contributed by atoms with van der Waals surface area (Å²) >= 11 is 5.95. The smallest absolute Gasteiger partial charge is 0.0952 e. The fraction of sp³-hybridized carbons (Fsp3) is 0.471. The molecule has 0 radical (unpaired) electrons. The first-order valence-electron chi connectivity index (χ1n) is 7.79. The van der Waals surface area contributed by atoms with Gasteiger partial charge in [-0.1, -0.05) is 23.7 Å². The lowest BCUT2D eigenvalue weighted by Gasteiger charge is -2.33. The van der Waals surface area contributed by atoms with Crippen LogP contribution in [-0.4, -0.2) is 40.9 Å².